The van der Waals surface area contributed by atoms with E-state index in [1.54, 1.807) is 6.92 Å². The number of carbonyl (C=O) groups is 2. The minimum Gasteiger partial charge on any atom is -0.369 e. The van der Waals surface area contributed by atoms with Crippen LogP contribution in [-0.2, 0) is 23.1 Å². The molecule has 0 bridgehead atoms. The Balaban J connectivity index is 1.68. The number of guanidine groups is 1. The lowest BCUT2D eigenvalue weighted by atomic mass is 9.83. The second-order valence-electron chi connectivity index (χ2n) is 10.9. The third-order valence-corrected chi connectivity index (χ3v) is 7.66. The van der Waals surface area contributed by atoms with Crippen LogP contribution in [0.1, 0.15) is 72.3 Å². The Labute approximate surface area is 238 Å². The van der Waals surface area contributed by atoms with Crippen molar-refractivity contribution in [3.8, 4) is 0 Å². The summed E-state index contributed by atoms with van der Waals surface area (Å²) in [7, 11) is 1.48. The number of carbonyl (C=O) groups excluding carboxylic acids is 2. The molecule has 1 heterocycles. The fraction of sp³-hybridized carbons (Fsp3) is 0.344. The van der Waals surface area contributed by atoms with E-state index in [0.717, 1.165) is 18.1 Å². The molecule has 0 fully saturated rings. The number of nitrogens with zero attached hydrogens (tertiary/aromatic N) is 3. The smallest absolute Gasteiger partial charge is 0.369 e. The van der Waals surface area contributed by atoms with Crippen LogP contribution in [0.3, 0.4) is 0 Å². The maximum atomic E-state index is 14.0. The van der Waals surface area contributed by atoms with Crippen molar-refractivity contribution in [3.63, 3.8) is 0 Å². The molecule has 0 saturated heterocycles. The van der Waals surface area contributed by atoms with Crippen LogP contribution >= 0.6 is 0 Å². The van der Waals surface area contributed by atoms with Gasteiger partial charge in [0.1, 0.15) is 0 Å². The normalized spacial score (nSPS) is 18.0. The maximum Gasteiger partial charge on any atom is 0.417 e. The molecule has 2 amide bonds. The SMILES string of the molecule is CC(C)CCC1(c2ccccc2)N=C(N)N(Cc2ccc(C(F)(F)F)c(C(=O)N(C)C(C)c3ccccc3)c2)C1=O. The van der Waals surface area contributed by atoms with Gasteiger partial charge in [-0.3, -0.25) is 14.5 Å². The first-order valence-corrected chi connectivity index (χ1v) is 13.6. The average molecular weight is 565 g/mol. The van der Waals surface area contributed by atoms with Crippen molar-refractivity contribution in [2.24, 2.45) is 16.6 Å². The van der Waals surface area contributed by atoms with E-state index in [1.165, 1.54) is 29.0 Å². The summed E-state index contributed by atoms with van der Waals surface area (Å²) in [5, 5.41) is 0. The largest absolute Gasteiger partial charge is 0.417 e. The molecule has 9 heteroatoms. The average Bonchev–Trinajstić information content (AvgIpc) is 3.20. The van der Waals surface area contributed by atoms with Crippen LogP contribution in [0, 0.1) is 5.92 Å². The third kappa shape index (κ3) is 6.14. The van der Waals surface area contributed by atoms with Crippen LogP contribution in [0.25, 0.3) is 0 Å². The zero-order valence-corrected chi connectivity index (χ0v) is 23.7. The minimum absolute atomic E-state index is 0.00907. The molecule has 2 unspecified atom stereocenters. The molecule has 0 aromatic heterocycles. The van der Waals surface area contributed by atoms with E-state index < -0.39 is 34.8 Å². The number of nitrogens with two attached hydrogens (primary N) is 1. The van der Waals surface area contributed by atoms with Crippen LogP contribution in [0.2, 0.25) is 0 Å². The van der Waals surface area contributed by atoms with Crippen molar-refractivity contribution in [2.75, 3.05) is 7.05 Å². The Bertz CT molecular complexity index is 1420. The Hall–Kier alpha value is -4.14. The number of benzene rings is 3. The van der Waals surface area contributed by atoms with Crippen LogP contribution in [-0.4, -0.2) is 34.6 Å². The van der Waals surface area contributed by atoms with Gasteiger partial charge in [0.15, 0.2) is 11.5 Å². The highest BCUT2D eigenvalue weighted by atomic mass is 19.4. The predicted molar refractivity (Wildman–Crippen MR) is 153 cm³/mol. The summed E-state index contributed by atoms with van der Waals surface area (Å²) in [5.74, 6) is -0.817. The topological polar surface area (TPSA) is 79.0 Å². The van der Waals surface area contributed by atoms with Gasteiger partial charge in [0.2, 0.25) is 0 Å². The molecule has 1 aliphatic rings. The second-order valence-corrected chi connectivity index (χ2v) is 10.9. The van der Waals surface area contributed by atoms with E-state index in [4.69, 9.17) is 5.73 Å². The van der Waals surface area contributed by atoms with Crippen molar-refractivity contribution in [1.29, 1.82) is 0 Å². The molecule has 0 saturated carbocycles. The van der Waals surface area contributed by atoms with Crippen molar-refractivity contribution in [2.45, 2.75) is 57.9 Å². The highest BCUT2D eigenvalue weighted by Crippen LogP contribution is 2.39. The van der Waals surface area contributed by atoms with E-state index in [0.29, 0.717) is 23.5 Å². The second kappa shape index (κ2) is 11.8. The van der Waals surface area contributed by atoms with E-state index >= 15 is 0 Å². The Morgan fingerprint density at radius 1 is 1.00 bits per heavy atom. The maximum absolute atomic E-state index is 14.0. The molecule has 0 aliphatic carbocycles. The van der Waals surface area contributed by atoms with Gasteiger partial charge < -0.3 is 10.6 Å². The summed E-state index contributed by atoms with van der Waals surface area (Å²) in [6.45, 7) is 5.74. The molecular weight excluding hydrogens is 529 g/mol. The minimum atomic E-state index is -4.75. The number of halogens is 3. The monoisotopic (exact) mass is 564 g/mol. The summed E-state index contributed by atoms with van der Waals surface area (Å²) >= 11 is 0. The number of rotatable bonds is 9. The third-order valence-electron chi connectivity index (χ3n) is 7.66. The van der Waals surface area contributed by atoms with Crippen LogP contribution in [0.15, 0.2) is 83.9 Å². The highest BCUT2D eigenvalue weighted by molar-refractivity contribution is 6.07. The molecule has 3 aromatic rings. The molecule has 6 nitrogen and oxygen atoms in total. The van der Waals surface area contributed by atoms with Gasteiger partial charge in [0, 0.05) is 7.05 Å². The zero-order chi connectivity index (χ0) is 29.9. The van der Waals surface area contributed by atoms with Gasteiger partial charge in [-0.25, -0.2) is 4.99 Å². The predicted octanol–water partition coefficient (Wildman–Crippen LogP) is 6.53. The molecule has 2 N–H and O–H groups in total. The van der Waals surface area contributed by atoms with Gasteiger partial charge in [-0.2, -0.15) is 13.2 Å². The van der Waals surface area contributed by atoms with Gasteiger partial charge in [0.05, 0.1) is 23.7 Å². The van der Waals surface area contributed by atoms with Crippen molar-refractivity contribution in [3.05, 3.63) is 107 Å². The molecule has 0 radical (unpaired) electrons. The molecule has 1 aliphatic heterocycles. The number of alkyl halides is 3. The zero-order valence-electron chi connectivity index (χ0n) is 23.7. The lowest BCUT2D eigenvalue weighted by Gasteiger charge is -2.28. The van der Waals surface area contributed by atoms with Crippen LogP contribution < -0.4 is 5.73 Å². The summed E-state index contributed by atoms with van der Waals surface area (Å²) in [6.07, 6.45) is -3.59. The molecule has 216 valence electrons. The van der Waals surface area contributed by atoms with E-state index in [-0.39, 0.29) is 18.4 Å². The van der Waals surface area contributed by atoms with E-state index in [9.17, 15) is 22.8 Å². The highest BCUT2D eigenvalue weighted by Gasteiger charge is 2.49. The Kier molecular flexibility index (Phi) is 8.56. The van der Waals surface area contributed by atoms with Crippen molar-refractivity contribution < 1.29 is 22.8 Å². The number of aliphatic imine (C=N–C) groups is 1. The number of hydrogen-bond acceptors (Lipinski definition) is 4. The summed E-state index contributed by atoms with van der Waals surface area (Å²) < 4.78 is 42.1. The number of hydrogen-bond donors (Lipinski definition) is 1. The van der Waals surface area contributed by atoms with Gasteiger partial charge in [-0.15, -0.1) is 0 Å². The van der Waals surface area contributed by atoms with Crippen LogP contribution in [0.4, 0.5) is 13.2 Å². The van der Waals surface area contributed by atoms with Crippen molar-refractivity contribution in [1.82, 2.24) is 9.80 Å². The summed E-state index contributed by atoms with van der Waals surface area (Å²) in [6, 6.07) is 21.1. The fourth-order valence-electron chi connectivity index (χ4n) is 5.11. The van der Waals surface area contributed by atoms with Gasteiger partial charge in [0.25, 0.3) is 11.8 Å². The van der Waals surface area contributed by atoms with Gasteiger partial charge in [-0.05, 0) is 54.5 Å². The standard InChI is InChI=1S/C32H35F3N4O2/c1-21(2)17-18-31(25-13-9-6-10-14-25)29(41)39(30(36)37-31)20-23-15-16-27(32(33,34)35)26(19-23)28(40)38(4)22(3)24-11-7-5-8-12-24/h5-16,19,21-22H,17-18,20H2,1-4H3,(H2,36,37). The van der Waals surface area contributed by atoms with Crippen LogP contribution in [0.5, 0.6) is 0 Å². The first-order valence-electron chi connectivity index (χ1n) is 13.6. The molecule has 4 rings (SSSR count). The fourth-order valence-corrected chi connectivity index (χ4v) is 5.11. The molecule has 3 aromatic carbocycles. The first kappa shape index (κ1) is 29.8. The van der Waals surface area contributed by atoms with E-state index in [2.05, 4.69) is 18.8 Å². The first-order chi connectivity index (χ1) is 19.3. The molecule has 0 spiro atoms. The molecule has 2 atom stereocenters. The van der Waals surface area contributed by atoms with Gasteiger partial charge in [-0.1, -0.05) is 80.6 Å². The molecular formula is C32H35F3N4O2. The summed E-state index contributed by atoms with van der Waals surface area (Å²) in [4.78, 5) is 34.6. The van der Waals surface area contributed by atoms with E-state index in [1.807, 2.05) is 60.7 Å². The summed E-state index contributed by atoms with van der Waals surface area (Å²) in [5.41, 5.74) is 5.37. The lowest BCUT2D eigenvalue weighted by molar-refractivity contribution is -0.138. The Morgan fingerprint density at radius 3 is 2.20 bits per heavy atom. The Morgan fingerprint density at radius 2 is 1.61 bits per heavy atom. The number of amides is 2. The lowest BCUT2D eigenvalue weighted by Crippen LogP contribution is -2.42. The van der Waals surface area contributed by atoms with Gasteiger partial charge >= 0.3 is 6.18 Å². The molecule has 41 heavy (non-hydrogen) atoms. The quantitative estimate of drug-likeness (QED) is 0.321. The van der Waals surface area contributed by atoms with Crippen molar-refractivity contribution >= 4 is 17.8 Å².